The maximum absolute atomic E-state index is 14.0. The van der Waals surface area contributed by atoms with Gasteiger partial charge in [0.2, 0.25) is 0 Å². The molecule has 0 aliphatic carbocycles. The van der Waals surface area contributed by atoms with Crippen LogP contribution in [-0.2, 0) is 11.3 Å². The number of carbonyl (C=O) groups excluding carboxylic acids is 1. The molecule has 2 aromatic rings. The summed E-state index contributed by atoms with van der Waals surface area (Å²) in [6.45, 7) is 6.95. The second-order valence-electron chi connectivity index (χ2n) is 8.57. The molecule has 1 saturated heterocycles. The molecule has 0 saturated carbocycles. The number of hydrogen-bond donors (Lipinski definition) is 1. The molecule has 1 amide bonds. The number of methoxy groups -OCH3 is 1. The highest BCUT2D eigenvalue weighted by Gasteiger charge is 2.29. The second kappa shape index (κ2) is 12.6. The van der Waals surface area contributed by atoms with Crippen molar-refractivity contribution in [1.29, 1.82) is 0 Å². The molecule has 0 spiro atoms. The smallest absolute Gasteiger partial charge is 0.254 e. The van der Waals surface area contributed by atoms with Crippen LogP contribution in [0.4, 0.5) is 4.39 Å². The number of ether oxygens (including phenoxy) is 3. The van der Waals surface area contributed by atoms with E-state index in [1.165, 1.54) is 6.07 Å². The Morgan fingerprint density at radius 1 is 1.15 bits per heavy atom. The molecular weight excluding hydrogens is 423 g/mol. The molecule has 0 aromatic heterocycles. The molecule has 3 rings (SSSR count). The van der Waals surface area contributed by atoms with Gasteiger partial charge in [-0.05, 0) is 51.4 Å². The highest BCUT2D eigenvalue weighted by molar-refractivity contribution is 5.95. The number of nitrogens with zero attached hydrogens (tertiary/aromatic N) is 1. The highest BCUT2D eigenvalue weighted by Crippen LogP contribution is 2.27. The summed E-state index contributed by atoms with van der Waals surface area (Å²) < 4.78 is 30.9. The number of amides is 1. The van der Waals surface area contributed by atoms with Crippen molar-refractivity contribution < 1.29 is 23.4 Å². The SMILES string of the molecule is COCCCOc1cc(OCc2ccccc2F)cc(C(=O)N(C(C)C)[C@@H]2CCCNC2)c1. The molecular formula is C26H35FN2O4. The number of benzene rings is 2. The van der Waals surface area contributed by atoms with Gasteiger partial charge in [-0.1, -0.05) is 18.2 Å². The number of piperidine rings is 1. The van der Waals surface area contributed by atoms with Crippen molar-refractivity contribution in [2.24, 2.45) is 0 Å². The fourth-order valence-electron chi connectivity index (χ4n) is 4.07. The van der Waals surface area contributed by atoms with E-state index in [0.717, 1.165) is 32.4 Å². The topological polar surface area (TPSA) is 60.0 Å². The van der Waals surface area contributed by atoms with E-state index in [2.05, 4.69) is 5.32 Å². The molecule has 1 aliphatic rings. The van der Waals surface area contributed by atoms with E-state index in [1.807, 2.05) is 18.7 Å². The predicted molar refractivity (Wildman–Crippen MR) is 126 cm³/mol. The maximum atomic E-state index is 14.0. The lowest BCUT2D eigenvalue weighted by atomic mass is 10.0. The molecule has 0 unspecified atom stereocenters. The Labute approximate surface area is 196 Å². The lowest BCUT2D eigenvalue weighted by Gasteiger charge is -2.37. The lowest BCUT2D eigenvalue weighted by Crippen LogP contribution is -2.51. The fraction of sp³-hybridized carbons (Fsp3) is 0.500. The zero-order valence-electron chi connectivity index (χ0n) is 19.8. The minimum Gasteiger partial charge on any atom is -0.493 e. The molecule has 180 valence electrons. The average Bonchev–Trinajstić information content (AvgIpc) is 2.82. The van der Waals surface area contributed by atoms with Crippen LogP contribution < -0.4 is 14.8 Å². The quantitative estimate of drug-likeness (QED) is 0.505. The van der Waals surface area contributed by atoms with Crippen LogP contribution >= 0.6 is 0 Å². The molecule has 1 heterocycles. The van der Waals surface area contributed by atoms with Gasteiger partial charge in [-0.2, -0.15) is 0 Å². The van der Waals surface area contributed by atoms with Crippen LogP contribution in [0.25, 0.3) is 0 Å². The van der Waals surface area contributed by atoms with E-state index in [1.54, 1.807) is 43.5 Å². The summed E-state index contributed by atoms with van der Waals surface area (Å²) in [7, 11) is 1.65. The van der Waals surface area contributed by atoms with E-state index in [-0.39, 0.29) is 30.4 Å². The summed E-state index contributed by atoms with van der Waals surface area (Å²) >= 11 is 0. The fourth-order valence-corrected chi connectivity index (χ4v) is 4.07. The van der Waals surface area contributed by atoms with E-state index in [4.69, 9.17) is 14.2 Å². The van der Waals surface area contributed by atoms with Gasteiger partial charge < -0.3 is 24.4 Å². The molecule has 0 bridgehead atoms. The normalized spacial score (nSPS) is 16.0. The minimum absolute atomic E-state index is 0.0523. The number of carbonyl (C=O) groups is 1. The van der Waals surface area contributed by atoms with Gasteiger partial charge in [-0.25, -0.2) is 4.39 Å². The Balaban J connectivity index is 1.83. The standard InChI is InChI=1S/C26H35FN2O4/c1-19(2)29(22-9-6-11-28-17-22)26(30)21-14-23(32-13-7-12-31-3)16-24(15-21)33-18-20-8-4-5-10-25(20)27/h4-5,8,10,14-16,19,22,28H,6-7,9,11-13,17-18H2,1-3H3/t22-/m1/s1. The first-order valence-electron chi connectivity index (χ1n) is 11.7. The molecule has 1 N–H and O–H groups in total. The predicted octanol–water partition coefficient (Wildman–Crippen LogP) is 4.42. The summed E-state index contributed by atoms with van der Waals surface area (Å²) in [6.07, 6.45) is 2.74. The van der Waals surface area contributed by atoms with Gasteiger partial charge in [0.15, 0.2) is 0 Å². The van der Waals surface area contributed by atoms with Gasteiger partial charge in [0, 0.05) is 56.0 Å². The monoisotopic (exact) mass is 458 g/mol. The number of hydrogen-bond acceptors (Lipinski definition) is 5. The summed E-state index contributed by atoms with van der Waals surface area (Å²) in [4.78, 5) is 15.5. The van der Waals surface area contributed by atoms with Crippen molar-refractivity contribution in [2.75, 3.05) is 33.4 Å². The summed E-state index contributed by atoms with van der Waals surface area (Å²) in [5, 5.41) is 3.39. The van der Waals surface area contributed by atoms with Gasteiger partial charge in [0.25, 0.3) is 5.91 Å². The molecule has 33 heavy (non-hydrogen) atoms. The summed E-state index contributed by atoms with van der Waals surface area (Å²) in [6, 6.07) is 11.9. The van der Waals surface area contributed by atoms with Crippen molar-refractivity contribution in [3.05, 3.63) is 59.4 Å². The third kappa shape index (κ3) is 7.17. The maximum Gasteiger partial charge on any atom is 0.254 e. The second-order valence-corrected chi connectivity index (χ2v) is 8.57. The van der Waals surface area contributed by atoms with Gasteiger partial charge in [0.1, 0.15) is 23.9 Å². The molecule has 7 heteroatoms. The Hall–Kier alpha value is -2.64. The summed E-state index contributed by atoms with van der Waals surface area (Å²) in [5.41, 5.74) is 0.955. The Kier molecular flexibility index (Phi) is 9.51. The number of rotatable bonds is 11. The molecule has 1 fully saturated rings. The van der Waals surface area contributed by atoms with E-state index < -0.39 is 0 Å². The van der Waals surface area contributed by atoms with Crippen molar-refractivity contribution in [1.82, 2.24) is 10.2 Å². The van der Waals surface area contributed by atoms with Gasteiger partial charge >= 0.3 is 0 Å². The van der Waals surface area contributed by atoms with Crippen molar-refractivity contribution in [3.8, 4) is 11.5 Å². The van der Waals surface area contributed by atoms with Crippen molar-refractivity contribution in [2.45, 2.75) is 51.8 Å². The van der Waals surface area contributed by atoms with Crippen LogP contribution in [0.3, 0.4) is 0 Å². The third-order valence-electron chi connectivity index (χ3n) is 5.70. The highest BCUT2D eigenvalue weighted by atomic mass is 19.1. The van der Waals surface area contributed by atoms with Crippen LogP contribution in [-0.4, -0.2) is 56.3 Å². The molecule has 2 aromatic carbocycles. The van der Waals surface area contributed by atoms with E-state index >= 15 is 0 Å². The molecule has 0 radical (unpaired) electrons. The van der Waals surface area contributed by atoms with Crippen LogP contribution in [0.2, 0.25) is 0 Å². The number of nitrogens with one attached hydrogen (secondary N) is 1. The van der Waals surface area contributed by atoms with Crippen molar-refractivity contribution in [3.63, 3.8) is 0 Å². The zero-order chi connectivity index (χ0) is 23.6. The molecule has 1 aliphatic heterocycles. The average molecular weight is 459 g/mol. The van der Waals surface area contributed by atoms with Gasteiger partial charge in [-0.15, -0.1) is 0 Å². The van der Waals surface area contributed by atoms with Crippen molar-refractivity contribution >= 4 is 5.91 Å². The van der Waals surface area contributed by atoms with E-state index in [9.17, 15) is 9.18 Å². The molecule has 6 nitrogen and oxygen atoms in total. The Morgan fingerprint density at radius 2 is 1.91 bits per heavy atom. The van der Waals surface area contributed by atoms with Gasteiger partial charge in [-0.3, -0.25) is 4.79 Å². The number of halogens is 1. The Bertz CT molecular complexity index is 900. The minimum atomic E-state index is -0.323. The van der Waals surface area contributed by atoms with Gasteiger partial charge in [0.05, 0.1) is 6.61 Å². The van der Waals surface area contributed by atoms with Crippen LogP contribution in [0, 0.1) is 5.82 Å². The first-order valence-corrected chi connectivity index (χ1v) is 11.7. The first kappa shape index (κ1) is 25.0. The first-order chi connectivity index (χ1) is 16.0. The molecule has 1 atom stereocenters. The van der Waals surface area contributed by atoms with E-state index in [0.29, 0.717) is 35.8 Å². The van der Waals surface area contributed by atoms with Crippen LogP contribution in [0.1, 0.15) is 49.0 Å². The largest absolute Gasteiger partial charge is 0.493 e. The lowest BCUT2D eigenvalue weighted by molar-refractivity contribution is 0.0572. The van der Waals surface area contributed by atoms with Crippen LogP contribution in [0.15, 0.2) is 42.5 Å². The third-order valence-corrected chi connectivity index (χ3v) is 5.70. The summed E-state index contributed by atoms with van der Waals surface area (Å²) in [5.74, 6) is 0.635. The van der Waals surface area contributed by atoms with Crippen LogP contribution in [0.5, 0.6) is 11.5 Å². The zero-order valence-corrected chi connectivity index (χ0v) is 19.8. The Morgan fingerprint density at radius 3 is 2.58 bits per heavy atom.